The largest absolute Gasteiger partial charge is 0.465 e. The smallest absolute Gasteiger partial charge is 0.365 e. The molecule has 1 aliphatic heterocycles. The van der Waals surface area contributed by atoms with Gasteiger partial charge in [0.15, 0.2) is 12.6 Å². The molecule has 4 rings (SSSR count). The number of benzene rings is 1. The van der Waals surface area contributed by atoms with E-state index in [1.165, 1.54) is 23.3 Å². The molecule has 6 nitrogen and oxygen atoms in total. The molecule has 1 aromatic heterocycles. The van der Waals surface area contributed by atoms with E-state index < -0.39 is 6.04 Å². The molecule has 0 radical (unpaired) electrons. The number of thiophene rings is 1. The van der Waals surface area contributed by atoms with Crippen molar-refractivity contribution in [3.8, 4) is 6.07 Å². The number of esters is 1. The highest BCUT2D eigenvalue weighted by Gasteiger charge is 2.37. The maximum Gasteiger partial charge on any atom is 0.365 e. The Balaban J connectivity index is 1.52. The van der Waals surface area contributed by atoms with Crippen molar-refractivity contribution in [1.29, 1.82) is 5.26 Å². The summed E-state index contributed by atoms with van der Waals surface area (Å²) in [5.41, 5.74) is 3.98. The van der Waals surface area contributed by atoms with Crippen molar-refractivity contribution in [1.82, 2.24) is 0 Å². The number of aryl methyl sites for hydroxylation is 1. The van der Waals surface area contributed by atoms with Crippen LogP contribution in [0.1, 0.15) is 33.6 Å². The highest BCUT2D eigenvalue weighted by molar-refractivity contribution is 7.16. The molecule has 2 atom stereocenters. The lowest BCUT2D eigenvalue weighted by molar-refractivity contribution is -0.924. The molecule has 1 aromatic carbocycles. The number of ether oxygens (including phenoxy) is 1. The van der Waals surface area contributed by atoms with Crippen LogP contribution in [0.25, 0.3) is 0 Å². The summed E-state index contributed by atoms with van der Waals surface area (Å²) in [6.45, 7) is 0.747. The Morgan fingerprint density at radius 3 is 2.86 bits per heavy atom. The Hall–Kier alpha value is -2.69. The molecule has 2 aliphatic rings. The summed E-state index contributed by atoms with van der Waals surface area (Å²) in [6.07, 6.45) is 3.51. The van der Waals surface area contributed by atoms with Gasteiger partial charge in [-0.05, 0) is 30.4 Å². The third kappa shape index (κ3) is 3.41. The first-order valence-electron chi connectivity index (χ1n) is 9.44. The van der Waals surface area contributed by atoms with Gasteiger partial charge in [-0.3, -0.25) is 4.79 Å². The number of fused-ring (bicyclic) bond motifs is 2. The number of nitriles is 1. The normalized spacial score (nSPS) is 20.0. The second kappa shape index (κ2) is 7.74. The van der Waals surface area contributed by atoms with E-state index in [-0.39, 0.29) is 18.4 Å². The van der Waals surface area contributed by atoms with Gasteiger partial charge >= 0.3 is 5.97 Å². The zero-order chi connectivity index (χ0) is 19.7. The van der Waals surface area contributed by atoms with E-state index in [2.05, 4.69) is 11.4 Å². The number of nitrogens with one attached hydrogen (secondary N) is 2. The molecule has 1 aliphatic carbocycles. The van der Waals surface area contributed by atoms with Crippen molar-refractivity contribution >= 4 is 28.2 Å². The minimum Gasteiger partial charge on any atom is -0.465 e. The van der Waals surface area contributed by atoms with Gasteiger partial charge in [0.05, 0.1) is 12.7 Å². The summed E-state index contributed by atoms with van der Waals surface area (Å²) in [5.74, 6) is -0.482. The van der Waals surface area contributed by atoms with Crippen molar-refractivity contribution in [2.24, 2.45) is 0 Å². The third-order valence-corrected chi connectivity index (χ3v) is 6.82. The number of anilines is 1. The standard InChI is InChI=1S/C21H21N3O3S/c1-27-21(26)17-9-13-5-2-3-6-14(13)11-24(17)12-19(25)23-20-16(10-22)15-7-4-8-18(15)28-20/h2-3,5-6,17H,4,7-9,11-12H2,1H3,(H,23,25)/p+1/t17-/m1/s1. The summed E-state index contributed by atoms with van der Waals surface area (Å²) < 4.78 is 4.98. The summed E-state index contributed by atoms with van der Waals surface area (Å²) in [6, 6.07) is 9.84. The van der Waals surface area contributed by atoms with E-state index in [9.17, 15) is 14.9 Å². The second-order valence-corrected chi connectivity index (χ2v) is 8.39. The highest BCUT2D eigenvalue weighted by atomic mass is 32.1. The summed E-state index contributed by atoms with van der Waals surface area (Å²) in [7, 11) is 1.38. The SMILES string of the molecule is COC(=O)[C@H]1Cc2ccccc2C[NH+]1CC(=O)Nc1sc2c(c1C#N)CCC2. The Morgan fingerprint density at radius 2 is 2.11 bits per heavy atom. The van der Waals surface area contributed by atoms with E-state index in [0.29, 0.717) is 23.5 Å². The lowest BCUT2D eigenvalue weighted by Gasteiger charge is -2.31. The van der Waals surface area contributed by atoms with Crippen LogP contribution in [0.2, 0.25) is 0 Å². The van der Waals surface area contributed by atoms with E-state index in [0.717, 1.165) is 40.9 Å². The summed E-state index contributed by atoms with van der Waals surface area (Å²) in [4.78, 5) is 27.1. The molecule has 2 aromatic rings. The number of carbonyl (C=O) groups excluding carboxylic acids is 2. The van der Waals surface area contributed by atoms with Crippen LogP contribution in [0.3, 0.4) is 0 Å². The van der Waals surface area contributed by atoms with Gasteiger partial charge < -0.3 is 15.0 Å². The molecule has 0 spiro atoms. The average molecular weight is 396 g/mol. The Labute approximate surface area is 167 Å². The summed E-state index contributed by atoms with van der Waals surface area (Å²) in [5, 5.41) is 13.1. The van der Waals surface area contributed by atoms with E-state index in [4.69, 9.17) is 4.74 Å². The Kier molecular flexibility index (Phi) is 5.16. The number of methoxy groups -OCH3 is 1. The molecular formula is C21H22N3O3S+. The topological polar surface area (TPSA) is 83.6 Å². The van der Waals surface area contributed by atoms with Gasteiger partial charge in [-0.15, -0.1) is 11.3 Å². The van der Waals surface area contributed by atoms with Crippen LogP contribution in [0.4, 0.5) is 5.00 Å². The maximum absolute atomic E-state index is 12.8. The molecule has 2 heterocycles. The monoisotopic (exact) mass is 396 g/mol. The van der Waals surface area contributed by atoms with Gasteiger partial charge in [-0.25, -0.2) is 4.79 Å². The number of amides is 1. The molecule has 7 heteroatoms. The number of quaternary nitrogens is 1. The molecular weight excluding hydrogens is 374 g/mol. The Morgan fingerprint density at radius 1 is 1.32 bits per heavy atom. The van der Waals surface area contributed by atoms with Gasteiger partial charge in [-0.2, -0.15) is 5.26 Å². The molecule has 2 N–H and O–H groups in total. The molecule has 1 amide bonds. The number of nitrogens with zero attached hydrogens (tertiary/aromatic N) is 1. The molecule has 0 saturated heterocycles. The van der Waals surface area contributed by atoms with Gasteiger partial charge in [0.2, 0.25) is 0 Å². The van der Waals surface area contributed by atoms with Crippen LogP contribution >= 0.6 is 11.3 Å². The van der Waals surface area contributed by atoms with Gasteiger partial charge in [0, 0.05) is 16.9 Å². The van der Waals surface area contributed by atoms with Crippen LogP contribution in [0.5, 0.6) is 0 Å². The van der Waals surface area contributed by atoms with Gasteiger partial charge in [0.25, 0.3) is 5.91 Å². The number of hydrogen-bond acceptors (Lipinski definition) is 5. The second-order valence-electron chi connectivity index (χ2n) is 7.28. The number of hydrogen-bond donors (Lipinski definition) is 2. The molecule has 1 unspecified atom stereocenters. The lowest BCUT2D eigenvalue weighted by atomic mass is 9.94. The lowest BCUT2D eigenvalue weighted by Crippen LogP contribution is -3.17. The van der Waals surface area contributed by atoms with Gasteiger partial charge in [0.1, 0.15) is 17.6 Å². The van der Waals surface area contributed by atoms with Crippen LogP contribution in [-0.4, -0.2) is 31.6 Å². The summed E-state index contributed by atoms with van der Waals surface area (Å²) >= 11 is 1.51. The average Bonchev–Trinajstić information content (AvgIpc) is 3.27. The molecule has 28 heavy (non-hydrogen) atoms. The molecule has 0 saturated carbocycles. The first kappa shape index (κ1) is 18.7. The fraction of sp³-hybridized carbons (Fsp3) is 0.381. The minimum absolute atomic E-state index is 0.154. The zero-order valence-corrected chi connectivity index (χ0v) is 16.5. The van der Waals surface area contributed by atoms with E-state index in [1.54, 1.807) is 0 Å². The zero-order valence-electron chi connectivity index (χ0n) is 15.7. The molecule has 0 bridgehead atoms. The fourth-order valence-corrected chi connectivity index (χ4v) is 5.48. The van der Waals surface area contributed by atoms with Crippen molar-refractivity contribution in [3.63, 3.8) is 0 Å². The molecule has 0 fully saturated rings. The number of carbonyl (C=O) groups is 2. The number of rotatable bonds is 4. The fourth-order valence-electron chi connectivity index (χ4n) is 4.23. The van der Waals surface area contributed by atoms with Crippen molar-refractivity contribution in [2.45, 2.75) is 38.3 Å². The predicted molar refractivity (Wildman–Crippen MR) is 105 cm³/mol. The van der Waals surface area contributed by atoms with Crippen LogP contribution < -0.4 is 10.2 Å². The van der Waals surface area contributed by atoms with Crippen molar-refractivity contribution in [2.75, 3.05) is 19.0 Å². The van der Waals surface area contributed by atoms with Crippen LogP contribution in [0, 0.1) is 11.3 Å². The van der Waals surface area contributed by atoms with Crippen LogP contribution in [0.15, 0.2) is 24.3 Å². The van der Waals surface area contributed by atoms with E-state index >= 15 is 0 Å². The van der Waals surface area contributed by atoms with Crippen molar-refractivity contribution in [3.05, 3.63) is 51.4 Å². The molecule has 144 valence electrons. The van der Waals surface area contributed by atoms with Crippen LogP contribution in [-0.2, 0) is 40.1 Å². The highest BCUT2D eigenvalue weighted by Crippen LogP contribution is 2.38. The maximum atomic E-state index is 12.8. The van der Waals surface area contributed by atoms with Crippen molar-refractivity contribution < 1.29 is 19.2 Å². The van der Waals surface area contributed by atoms with Gasteiger partial charge in [-0.1, -0.05) is 24.3 Å². The first-order chi connectivity index (χ1) is 13.6. The minimum atomic E-state index is -0.408. The first-order valence-corrected chi connectivity index (χ1v) is 10.3. The third-order valence-electron chi connectivity index (χ3n) is 5.61. The van der Waals surface area contributed by atoms with E-state index in [1.807, 2.05) is 24.3 Å². The predicted octanol–water partition coefficient (Wildman–Crippen LogP) is 1.23. The quantitative estimate of drug-likeness (QED) is 0.762. The Bertz CT molecular complexity index is 976.